The summed E-state index contributed by atoms with van der Waals surface area (Å²) in [4.78, 5) is 2.47. The Bertz CT molecular complexity index is 3620. The predicted octanol–water partition coefficient (Wildman–Crippen LogP) is 16.7. The van der Waals surface area contributed by atoms with Gasteiger partial charge in [0, 0.05) is 33.4 Å². The molecule has 0 atom stereocenters. The highest BCUT2D eigenvalue weighted by Crippen LogP contribution is 2.49. The third-order valence-electron chi connectivity index (χ3n) is 12.5. The van der Waals surface area contributed by atoms with Crippen molar-refractivity contribution in [3.63, 3.8) is 0 Å². The second kappa shape index (κ2) is 14.8. The summed E-state index contributed by atoms with van der Waals surface area (Å²) in [6, 6.07) is 88.7. The van der Waals surface area contributed by atoms with Gasteiger partial charge in [0.1, 0.15) is 0 Å². The van der Waals surface area contributed by atoms with E-state index in [1.807, 2.05) is 0 Å². The van der Waals surface area contributed by atoms with Gasteiger partial charge in [-0.15, -0.1) is 0 Å². The summed E-state index contributed by atoms with van der Waals surface area (Å²) >= 11 is 0. The molecule has 0 bridgehead atoms. The molecule has 11 aromatic carbocycles. The molecule has 0 radical (unpaired) electrons. The van der Waals surface area contributed by atoms with Gasteiger partial charge in [0.2, 0.25) is 0 Å². The molecule has 0 fully saturated rings. The van der Waals surface area contributed by atoms with Crippen molar-refractivity contribution < 1.29 is 0 Å². The number of rotatable bonds is 7. The van der Waals surface area contributed by atoms with E-state index in [1.54, 1.807) is 0 Å². The molecule has 2 heteroatoms. The fourth-order valence-electron chi connectivity index (χ4n) is 9.69. The van der Waals surface area contributed by atoms with Crippen LogP contribution in [0, 0.1) is 0 Å². The van der Waals surface area contributed by atoms with Crippen LogP contribution in [0.5, 0.6) is 0 Å². The monoisotopic (exact) mass is 788 g/mol. The summed E-state index contributed by atoms with van der Waals surface area (Å²) in [5, 5.41) is 9.86. The smallest absolute Gasteiger partial charge is 0.0561 e. The fraction of sp³-hybridized carbons (Fsp3) is 0. The fourth-order valence-corrected chi connectivity index (χ4v) is 9.69. The Morgan fingerprint density at radius 3 is 1.69 bits per heavy atom. The summed E-state index contributed by atoms with van der Waals surface area (Å²) in [6.45, 7) is 0. The highest BCUT2D eigenvalue weighted by Gasteiger charge is 2.24. The molecular weight excluding hydrogens is 749 g/mol. The zero-order chi connectivity index (χ0) is 41.0. The van der Waals surface area contributed by atoms with Crippen LogP contribution in [0.3, 0.4) is 0 Å². The molecule has 0 saturated heterocycles. The number of fused-ring (bicyclic) bond motifs is 7. The van der Waals surface area contributed by atoms with E-state index >= 15 is 0 Å². The molecular formula is C60H40N2. The topological polar surface area (TPSA) is 8.17 Å². The van der Waals surface area contributed by atoms with Crippen molar-refractivity contribution in [2.75, 3.05) is 4.90 Å². The molecule has 0 N–H and O–H groups in total. The van der Waals surface area contributed by atoms with Crippen LogP contribution >= 0.6 is 0 Å². The van der Waals surface area contributed by atoms with Crippen LogP contribution in [0.4, 0.5) is 17.1 Å². The third kappa shape index (κ3) is 5.96. The first-order valence-electron chi connectivity index (χ1n) is 21.3. The van der Waals surface area contributed by atoms with Gasteiger partial charge in [-0.05, 0) is 121 Å². The number of hydrogen-bond donors (Lipinski definition) is 0. The van der Waals surface area contributed by atoms with Crippen molar-refractivity contribution in [3.8, 4) is 39.1 Å². The van der Waals surface area contributed by atoms with Gasteiger partial charge in [-0.25, -0.2) is 0 Å². The number of benzene rings is 11. The van der Waals surface area contributed by atoms with Crippen molar-refractivity contribution in [2.24, 2.45) is 0 Å². The number of nitrogens with zero attached hydrogens (tertiary/aromatic N) is 2. The maximum atomic E-state index is 2.47. The lowest BCUT2D eigenvalue weighted by Gasteiger charge is -2.30. The minimum atomic E-state index is 1.08. The lowest BCUT2D eigenvalue weighted by Crippen LogP contribution is -2.12. The Morgan fingerprint density at radius 2 is 0.887 bits per heavy atom. The van der Waals surface area contributed by atoms with E-state index in [9.17, 15) is 0 Å². The van der Waals surface area contributed by atoms with Gasteiger partial charge in [0.25, 0.3) is 0 Å². The molecule has 62 heavy (non-hydrogen) atoms. The first kappa shape index (κ1) is 35.7. The third-order valence-corrected chi connectivity index (χ3v) is 12.5. The van der Waals surface area contributed by atoms with E-state index in [0.29, 0.717) is 0 Å². The van der Waals surface area contributed by atoms with Crippen molar-refractivity contribution >= 4 is 71.2 Å². The van der Waals surface area contributed by atoms with Gasteiger partial charge in [-0.3, -0.25) is 0 Å². The summed E-state index contributed by atoms with van der Waals surface area (Å²) in [5.41, 5.74) is 13.8. The van der Waals surface area contributed by atoms with Crippen molar-refractivity contribution in [1.82, 2.24) is 4.57 Å². The van der Waals surface area contributed by atoms with Gasteiger partial charge in [0.15, 0.2) is 0 Å². The Morgan fingerprint density at radius 1 is 0.290 bits per heavy atom. The highest BCUT2D eigenvalue weighted by molar-refractivity contribution is 6.16. The van der Waals surface area contributed by atoms with Gasteiger partial charge in [0.05, 0.1) is 16.7 Å². The van der Waals surface area contributed by atoms with Crippen LogP contribution in [-0.2, 0) is 0 Å². The number of hydrogen-bond acceptors (Lipinski definition) is 1. The molecule has 0 amide bonds. The molecule has 0 aliphatic carbocycles. The van der Waals surface area contributed by atoms with Crippen LogP contribution in [0.1, 0.15) is 0 Å². The predicted molar refractivity (Wildman–Crippen MR) is 264 cm³/mol. The normalized spacial score (nSPS) is 11.5. The molecule has 290 valence electrons. The molecule has 0 unspecified atom stereocenters. The maximum Gasteiger partial charge on any atom is 0.0561 e. The Kier molecular flexibility index (Phi) is 8.53. The Hall–Kier alpha value is -8.20. The van der Waals surface area contributed by atoms with Gasteiger partial charge in [-0.1, -0.05) is 182 Å². The van der Waals surface area contributed by atoms with E-state index in [0.717, 1.165) is 33.8 Å². The van der Waals surface area contributed by atoms with E-state index in [1.165, 1.54) is 76.4 Å². The first-order chi connectivity index (χ1) is 30.8. The first-order valence-corrected chi connectivity index (χ1v) is 21.3. The van der Waals surface area contributed by atoms with Gasteiger partial charge in [-0.2, -0.15) is 0 Å². The average molecular weight is 789 g/mol. The highest BCUT2D eigenvalue weighted by atomic mass is 15.1. The van der Waals surface area contributed by atoms with Crippen molar-refractivity contribution in [1.29, 1.82) is 0 Å². The summed E-state index contributed by atoms with van der Waals surface area (Å²) < 4.78 is 2.41. The quantitative estimate of drug-likeness (QED) is 0.146. The van der Waals surface area contributed by atoms with Gasteiger partial charge >= 0.3 is 0 Å². The Balaban J connectivity index is 1.17. The molecule has 0 aliphatic rings. The van der Waals surface area contributed by atoms with Crippen LogP contribution < -0.4 is 4.90 Å². The molecule has 1 aromatic heterocycles. The summed E-state index contributed by atoms with van der Waals surface area (Å²) in [6.07, 6.45) is 0. The van der Waals surface area contributed by atoms with Crippen LogP contribution in [0.25, 0.3) is 93.2 Å². The molecule has 12 aromatic rings. The van der Waals surface area contributed by atoms with Crippen LogP contribution in [-0.4, -0.2) is 4.57 Å². The SMILES string of the molecule is c1ccc(-c2ccc(N(c3ccc4c5ccccc5n(-c5ccccc5)c4c3)c3cccc(-c4cc5ccccc5c5ccccc45)c3-c3ccc4ccccc4c3)cc2)cc1. The van der Waals surface area contributed by atoms with Crippen LogP contribution in [0.2, 0.25) is 0 Å². The molecule has 12 rings (SSSR count). The minimum absolute atomic E-state index is 1.08. The number of aromatic nitrogens is 1. The second-order valence-electron chi connectivity index (χ2n) is 16.1. The zero-order valence-corrected chi connectivity index (χ0v) is 34.0. The van der Waals surface area contributed by atoms with Crippen molar-refractivity contribution in [2.45, 2.75) is 0 Å². The summed E-state index contributed by atoms with van der Waals surface area (Å²) in [7, 11) is 0. The van der Waals surface area contributed by atoms with Crippen molar-refractivity contribution in [3.05, 3.63) is 243 Å². The minimum Gasteiger partial charge on any atom is -0.310 e. The molecule has 0 spiro atoms. The van der Waals surface area contributed by atoms with Gasteiger partial charge < -0.3 is 9.47 Å². The average Bonchev–Trinajstić information content (AvgIpc) is 3.68. The standard InChI is InChI=1S/C60H40N2/c1-3-16-41(17-4-1)43-32-34-48(35-33-43)61(49-36-37-54-53-26-13-14-28-57(53)62(59(54)40-49)47-21-5-2-6-22-47)58-29-15-27-55(60(58)46-31-30-42-18-7-8-19-44(42)38-46)56-39-45-20-9-10-23-50(45)51-24-11-12-25-52(51)56/h1-40H. The van der Waals surface area contributed by atoms with E-state index < -0.39 is 0 Å². The van der Waals surface area contributed by atoms with Crippen LogP contribution in [0.15, 0.2) is 243 Å². The lowest BCUT2D eigenvalue weighted by molar-refractivity contribution is 1.18. The largest absolute Gasteiger partial charge is 0.310 e. The molecule has 2 nitrogen and oxygen atoms in total. The van der Waals surface area contributed by atoms with E-state index in [2.05, 4.69) is 252 Å². The summed E-state index contributed by atoms with van der Waals surface area (Å²) in [5.74, 6) is 0. The zero-order valence-electron chi connectivity index (χ0n) is 34.0. The second-order valence-corrected chi connectivity index (χ2v) is 16.1. The van der Waals surface area contributed by atoms with E-state index in [4.69, 9.17) is 0 Å². The molecule has 0 aliphatic heterocycles. The molecule has 0 saturated carbocycles. The number of para-hydroxylation sites is 2. The van der Waals surface area contributed by atoms with E-state index in [-0.39, 0.29) is 0 Å². The maximum absolute atomic E-state index is 2.47. The Labute approximate surface area is 360 Å². The molecule has 1 heterocycles. The number of anilines is 3. The lowest BCUT2D eigenvalue weighted by atomic mass is 9.87.